The largest absolute Gasteiger partial charge is 0.497 e. The summed E-state index contributed by atoms with van der Waals surface area (Å²) in [5.41, 5.74) is 5.44. The zero-order chi connectivity index (χ0) is 23.0. The van der Waals surface area contributed by atoms with E-state index >= 15 is 0 Å². The van der Waals surface area contributed by atoms with Crippen LogP contribution in [0.5, 0.6) is 5.75 Å². The SMILES string of the molecule is COc1cccc(C(=O)Nc2ccc(Cc3ccc(-c4cn(CCCO)nn4)cc3)cc2)c1. The summed E-state index contributed by atoms with van der Waals surface area (Å²) in [7, 11) is 1.58. The Balaban J connectivity index is 1.35. The first-order valence-electron chi connectivity index (χ1n) is 10.8. The van der Waals surface area contributed by atoms with E-state index in [9.17, 15) is 4.79 Å². The molecule has 1 heterocycles. The van der Waals surface area contributed by atoms with Gasteiger partial charge in [0, 0.05) is 30.0 Å². The number of ether oxygens (including phenoxy) is 1. The number of carbonyl (C=O) groups excluding carboxylic acids is 1. The number of aromatic nitrogens is 3. The number of amides is 1. The molecule has 0 spiro atoms. The molecule has 33 heavy (non-hydrogen) atoms. The number of nitrogens with zero attached hydrogens (tertiary/aromatic N) is 3. The molecule has 1 aromatic heterocycles. The van der Waals surface area contributed by atoms with Crippen LogP contribution in [0.4, 0.5) is 5.69 Å². The van der Waals surface area contributed by atoms with Gasteiger partial charge < -0.3 is 15.2 Å². The molecule has 0 saturated heterocycles. The maximum Gasteiger partial charge on any atom is 0.255 e. The molecule has 4 aromatic rings. The number of aryl methyl sites for hydroxylation is 1. The fourth-order valence-corrected chi connectivity index (χ4v) is 3.48. The van der Waals surface area contributed by atoms with Gasteiger partial charge in [-0.25, -0.2) is 0 Å². The Kier molecular flexibility index (Phi) is 7.12. The first kappa shape index (κ1) is 22.2. The van der Waals surface area contributed by atoms with Crippen LogP contribution in [0.1, 0.15) is 27.9 Å². The molecule has 2 N–H and O–H groups in total. The molecular formula is C26H26N4O3. The average Bonchev–Trinajstić information content (AvgIpc) is 3.33. The van der Waals surface area contributed by atoms with E-state index in [1.165, 1.54) is 5.56 Å². The molecule has 3 aromatic carbocycles. The molecule has 1 amide bonds. The van der Waals surface area contributed by atoms with Crippen molar-refractivity contribution in [2.75, 3.05) is 19.0 Å². The van der Waals surface area contributed by atoms with E-state index in [0.717, 1.165) is 28.9 Å². The average molecular weight is 443 g/mol. The molecule has 0 aliphatic carbocycles. The van der Waals surface area contributed by atoms with Crippen LogP contribution in [-0.4, -0.2) is 39.7 Å². The number of anilines is 1. The quantitative estimate of drug-likeness (QED) is 0.406. The van der Waals surface area contributed by atoms with E-state index in [0.29, 0.717) is 24.3 Å². The summed E-state index contributed by atoms with van der Waals surface area (Å²) in [4.78, 5) is 12.5. The lowest BCUT2D eigenvalue weighted by molar-refractivity contribution is 0.102. The van der Waals surface area contributed by atoms with Crippen molar-refractivity contribution in [1.82, 2.24) is 15.0 Å². The Morgan fingerprint density at radius 2 is 1.76 bits per heavy atom. The van der Waals surface area contributed by atoms with E-state index in [1.807, 2.05) is 42.6 Å². The minimum Gasteiger partial charge on any atom is -0.497 e. The Morgan fingerprint density at radius 1 is 1.03 bits per heavy atom. The van der Waals surface area contributed by atoms with Gasteiger partial charge in [-0.1, -0.05) is 47.7 Å². The molecule has 0 radical (unpaired) electrons. The fourth-order valence-electron chi connectivity index (χ4n) is 3.48. The molecule has 0 aliphatic heterocycles. The normalized spacial score (nSPS) is 10.7. The summed E-state index contributed by atoms with van der Waals surface area (Å²) in [6.07, 6.45) is 3.34. The Labute approximate surface area is 192 Å². The summed E-state index contributed by atoms with van der Waals surface area (Å²) in [6, 6.07) is 23.2. The second kappa shape index (κ2) is 10.6. The smallest absolute Gasteiger partial charge is 0.255 e. The number of nitrogens with one attached hydrogen (secondary N) is 1. The van der Waals surface area contributed by atoms with Gasteiger partial charge in [-0.3, -0.25) is 9.48 Å². The van der Waals surface area contributed by atoms with Crippen molar-refractivity contribution in [3.63, 3.8) is 0 Å². The molecule has 0 fully saturated rings. The standard InChI is InChI=1S/C26H26N4O3/c1-33-24-5-2-4-22(17-24)26(32)27-23-12-8-20(9-13-23)16-19-6-10-21(11-7-19)25-18-30(29-28-25)14-3-15-31/h2,4-13,17-18,31H,3,14-16H2,1H3,(H,27,32). The molecule has 0 aliphatic rings. The van der Waals surface area contributed by atoms with Crippen molar-refractivity contribution in [2.45, 2.75) is 19.4 Å². The highest BCUT2D eigenvalue weighted by molar-refractivity contribution is 6.04. The number of aliphatic hydroxyl groups is 1. The zero-order valence-electron chi connectivity index (χ0n) is 18.4. The predicted octanol–water partition coefficient (Wildman–Crippen LogP) is 4.18. The van der Waals surface area contributed by atoms with Gasteiger partial charge in [0.2, 0.25) is 0 Å². The molecule has 0 unspecified atom stereocenters. The second-order valence-corrected chi connectivity index (χ2v) is 7.70. The third-order valence-electron chi connectivity index (χ3n) is 5.29. The minimum absolute atomic E-state index is 0.138. The number of aliphatic hydroxyl groups excluding tert-OH is 1. The van der Waals surface area contributed by atoms with Crippen molar-refractivity contribution in [1.29, 1.82) is 0 Å². The van der Waals surface area contributed by atoms with Gasteiger partial charge in [0.05, 0.1) is 13.3 Å². The van der Waals surface area contributed by atoms with Gasteiger partial charge in [0.25, 0.3) is 5.91 Å². The monoisotopic (exact) mass is 442 g/mol. The van der Waals surface area contributed by atoms with E-state index < -0.39 is 0 Å². The molecule has 0 atom stereocenters. The van der Waals surface area contributed by atoms with Crippen LogP contribution in [0, 0.1) is 0 Å². The van der Waals surface area contributed by atoms with Gasteiger partial charge in [0.1, 0.15) is 11.4 Å². The van der Waals surface area contributed by atoms with Crippen molar-refractivity contribution < 1.29 is 14.6 Å². The fraction of sp³-hybridized carbons (Fsp3) is 0.192. The lowest BCUT2D eigenvalue weighted by atomic mass is 10.0. The third-order valence-corrected chi connectivity index (χ3v) is 5.29. The number of benzene rings is 3. The van der Waals surface area contributed by atoms with Crippen molar-refractivity contribution in [3.8, 4) is 17.0 Å². The lowest BCUT2D eigenvalue weighted by Crippen LogP contribution is -2.11. The lowest BCUT2D eigenvalue weighted by Gasteiger charge is -2.08. The van der Waals surface area contributed by atoms with Crippen LogP contribution >= 0.6 is 0 Å². The predicted molar refractivity (Wildman–Crippen MR) is 127 cm³/mol. The molecule has 0 bridgehead atoms. The summed E-state index contributed by atoms with van der Waals surface area (Å²) in [6.45, 7) is 0.789. The highest BCUT2D eigenvalue weighted by atomic mass is 16.5. The Morgan fingerprint density at radius 3 is 2.45 bits per heavy atom. The molecular weight excluding hydrogens is 416 g/mol. The van der Waals surface area contributed by atoms with E-state index in [1.54, 1.807) is 36.1 Å². The van der Waals surface area contributed by atoms with Gasteiger partial charge in [0.15, 0.2) is 0 Å². The molecule has 4 rings (SSSR count). The van der Waals surface area contributed by atoms with Gasteiger partial charge >= 0.3 is 0 Å². The first-order valence-corrected chi connectivity index (χ1v) is 10.8. The molecule has 168 valence electrons. The van der Waals surface area contributed by atoms with Crippen LogP contribution in [-0.2, 0) is 13.0 Å². The number of methoxy groups -OCH3 is 1. The summed E-state index contributed by atoms with van der Waals surface area (Å²) < 4.78 is 6.92. The molecule has 0 saturated carbocycles. The summed E-state index contributed by atoms with van der Waals surface area (Å²) >= 11 is 0. The Hall–Kier alpha value is -3.97. The topological polar surface area (TPSA) is 89.3 Å². The van der Waals surface area contributed by atoms with Crippen molar-refractivity contribution >= 4 is 11.6 Å². The highest BCUT2D eigenvalue weighted by Crippen LogP contribution is 2.20. The van der Waals surface area contributed by atoms with Crippen molar-refractivity contribution in [3.05, 3.63) is 95.7 Å². The van der Waals surface area contributed by atoms with Crippen LogP contribution in [0.3, 0.4) is 0 Å². The van der Waals surface area contributed by atoms with E-state index in [2.05, 4.69) is 27.8 Å². The van der Waals surface area contributed by atoms with Crippen molar-refractivity contribution in [2.24, 2.45) is 0 Å². The molecule has 7 nitrogen and oxygen atoms in total. The highest BCUT2D eigenvalue weighted by Gasteiger charge is 2.08. The van der Waals surface area contributed by atoms with Gasteiger partial charge in [-0.15, -0.1) is 5.10 Å². The van der Waals surface area contributed by atoms with Crippen LogP contribution < -0.4 is 10.1 Å². The number of carbonyl (C=O) groups is 1. The maximum absolute atomic E-state index is 12.5. The number of hydrogen-bond donors (Lipinski definition) is 2. The first-order chi connectivity index (χ1) is 16.1. The van der Waals surface area contributed by atoms with Crippen LogP contribution in [0.25, 0.3) is 11.3 Å². The van der Waals surface area contributed by atoms with Gasteiger partial charge in [-0.2, -0.15) is 0 Å². The minimum atomic E-state index is -0.175. The maximum atomic E-state index is 12.5. The second-order valence-electron chi connectivity index (χ2n) is 7.70. The third kappa shape index (κ3) is 5.84. The summed E-state index contributed by atoms with van der Waals surface area (Å²) in [5.74, 6) is 0.473. The molecule has 7 heteroatoms. The number of rotatable bonds is 9. The number of hydrogen-bond acceptors (Lipinski definition) is 5. The van der Waals surface area contributed by atoms with E-state index in [-0.39, 0.29) is 12.5 Å². The van der Waals surface area contributed by atoms with Gasteiger partial charge in [-0.05, 0) is 54.3 Å². The van der Waals surface area contributed by atoms with Crippen LogP contribution in [0.15, 0.2) is 79.0 Å². The zero-order valence-corrected chi connectivity index (χ0v) is 18.4. The van der Waals surface area contributed by atoms with Crippen LogP contribution in [0.2, 0.25) is 0 Å². The summed E-state index contributed by atoms with van der Waals surface area (Å²) in [5, 5.41) is 20.2. The Bertz CT molecular complexity index is 1200. The van der Waals surface area contributed by atoms with E-state index in [4.69, 9.17) is 9.84 Å².